The fourth-order valence-corrected chi connectivity index (χ4v) is 1.84. The van der Waals surface area contributed by atoms with Gasteiger partial charge in [0.05, 0.1) is 6.20 Å². The number of nitrogens with one attached hydrogen (secondary N) is 1. The predicted octanol–water partition coefficient (Wildman–Crippen LogP) is -3.04. The van der Waals surface area contributed by atoms with Crippen molar-refractivity contribution in [1.29, 1.82) is 0 Å². The molecule has 16 heavy (non-hydrogen) atoms. The van der Waals surface area contributed by atoms with Crippen LogP contribution in [0.2, 0.25) is 0 Å². The first kappa shape index (κ1) is 12.7. The van der Waals surface area contributed by atoms with Crippen LogP contribution in [0.25, 0.3) is 0 Å². The Hall–Kier alpha value is -1.41. The molecule has 1 rings (SSSR count). The first-order valence-electron chi connectivity index (χ1n) is 3.36. The summed E-state index contributed by atoms with van der Waals surface area (Å²) in [6.07, 6.45) is 0.380. The summed E-state index contributed by atoms with van der Waals surface area (Å²) in [4.78, 5) is 10.7. The molecule has 92 valence electrons. The second-order valence-corrected chi connectivity index (χ2v) is 5.04. The van der Waals surface area contributed by atoms with Gasteiger partial charge in [-0.3, -0.25) is 13.9 Å². The highest BCUT2D eigenvalue weighted by atomic mass is 32.2. The summed E-state index contributed by atoms with van der Waals surface area (Å²) in [6, 6.07) is 0. The van der Waals surface area contributed by atoms with Crippen molar-refractivity contribution >= 4 is 26.5 Å². The third-order valence-corrected chi connectivity index (χ3v) is 2.80. The third-order valence-electron chi connectivity index (χ3n) is 1.38. The number of carbonyl (C=O) groups excluding carboxylic acids is 1. The van der Waals surface area contributed by atoms with Crippen LogP contribution in [-0.2, 0) is 25.4 Å². The zero-order chi connectivity index (χ0) is 12.7. The topological polar surface area (TPSA) is 170 Å². The SMILES string of the molecule is NC(=O)C1=CN(S(=O)(=O)O)NN1S(=O)(=O)O. The molecule has 0 saturated carbocycles. The van der Waals surface area contributed by atoms with E-state index >= 15 is 0 Å². The molecule has 0 saturated heterocycles. The number of hydrogen-bond donors (Lipinski definition) is 4. The molecule has 0 atom stereocenters. The van der Waals surface area contributed by atoms with Crippen LogP contribution in [-0.4, -0.2) is 40.7 Å². The zero-order valence-corrected chi connectivity index (χ0v) is 8.93. The van der Waals surface area contributed by atoms with Crippen molar-refractivity contribution in [2.75, 3.05) is 0 Å². The number of primary amides is 1. The zero-order valence-electron chi connectivity index (χ0n) is 7.30. The molecule has 0 aromatic carbocycles. The molecule has 11 nitrogen and oxygen atoms in total. The van der Waals surface area contributed by atoms with Gasteiger partial charge < -0.3 is 5.73 Å². The summed E-state index contributed by atoms with van der Waals surface area (Å²) in [5, 5.41) is 0. The normalized spacial score (nSPS) is 17.5. The molecule has 5 N–H and O–H groups in total. The van der Waals surface area contributed by atoms with Crippen molar-refractivity contribution in [2.24, 2.45) is 5.73 Å². The Balaban J connectivity index is 3.22. The third kappa shape index (κ3) is 2.39. The van der Waals surface area contributed by atoms with Gasteiger partial charge in [-0.15, -0.1) is 5.53 Å². The Morgan fingerprint density at radius 1 is 1.25 bits per heavy atom. The van der Waals surface area contributed by atoms with Crippen LogP contribution in [0, 0.1) is 0 Å². The fraction of sp³-hybridized carbons (Fsp3) is 0. The van der Waals surface area contributed by atoms with Gasteiger partial charge >= 0.3 is 20.6 Å². The average molecular weight is 274 g/mol. The molecule has 1 aliphatic heterocycles. The van der Waals surface area contributed by atoms with Gasteiger partial charge in [0, 0.05) is 0 Å². The van der Waals surface area contributed by atoms with E-state index in [1.54, 1.807) is 0 Å². The van der Waals surface area contributed by atoms with Crippen LogP contribution in [0.4, 0.5) is 0 Å². The summed E-state index contributed by atoms with van der Waals surface area (Å²) in [5.41, 5.74) is 5.33. The smallest absolute Gasteiger partial charge is 0.364 e. The lowest BCUT2D eigenvalue weighted by Crippen LogP contribution is -2.47. The molecular formula is C3H6N4O7S2. The van der Waals surface area contributed by atoms with Gasteiger partial charge in [-0.25, -0.2) is 0 Å². The Labute approximate surface area is 89.8 Å². The van der Waals surface area contributed by atoms with Crippen molar-refractivity contribution in [3.63, 3.8) is 0 Å². The molecule has 13 heteroatoms. The van der Waals surface area contributed by atoms with Crippen LogP contribution in [0.1, 0.15) is 0 Å². The van der Waals surface area contributed by atoms with Crippen molar-refractivity contribution in [3.8, 4) is 0 Å². The van der Waals surface area contributed by atoms with Crippen LogP contribution < -0.4 is 11.3 Å². The molecule has 0 aromatic rings. The Bertz CT molecular complexity index is 546. The second-order valence-electron chi connectivity index (χ2n) is 2.49. The molecule has 0 bridgehead atoms. The molecule has 0 aliphatic carbocycles. The fourth-order valence-electron chi connectivity index (χ4n) is 0.794. The molecule has 0 unspecified atom stereocenters. The number of nitrogens with two attached hydrogens (primary N) is 1. The van der Waals surface area contributed by atoms with E-state index in [1.807, 2.05) is 0 Å². The molecule has 0 spiro atoms. The van der Waals surface area contributed by atoms with Crippen molar-refractivity contribution in [3.05, 3.63) is 11.9 Å². The van der Waals surface area contributed by atoms with E-state index in [-0.39, 0.29) is 8.83 Å². The van der Waals surface area contributed by atoms with E-state index in [1.165, 1.54) is 5.53 Å². The highest BCUT2D eigenvalue weighted by molar-refractivity contribution is 7.84. The van der Waals surface area contributed by atoms with Crippen LogP contribution in [0.5, 0.6) is 0 Å². The number of hydrazine groups is 2. The van der Waals surface area contributed by atoms with E-state index in [0.29, 0.717) is 6.20 Å². The summed E-state index contributed by atoms with van der Waals surface area (Å²) < 4.78 is 59.4. The minimum absolute atomic E-state index is 0.124. The van der Waals surface area contributed by atoms with Crippen LogP contribution >= 0.6 is 0 Å². The van der Waals surface area contributed by atoms with Crippen molar-refractivity contribution in [1.82, 2.24) is 14.4 Å². The number of rotatable bonds is 3. The summed E-state index contributed by atoms with van der Waals surface area (Å²) in [5.74, 6) is -1.34. The minimum atomic E-state index is -4.95. The maximum absolute atomic E-state index is 10.7. The molecule has 0 aromatic heterocycles. The number of amides is 1. The number of hydrogen-bond acceptors (Lipinski definition) is 6. The molecule has 1 heterocycles. The largest absolute Gasteiger partial charge is 0.375 e. The van der Waals surface area contributed by atoms with E-state index in [0.717, 1.165) is 0 Å². The van der Waals surface area contributed by atoms with Gasteiger partial charge in [0.1, 0.15) is 0 Å². The highest BCUT2D eigenvalue weighted by Crippen LogP contribution is 2.16. The quantitative estimate of drug-likeness (QED) is 0.393. The maximum Gasteiger partial charge on any atom is 0.375 e. The van der Waals surface area contributed by atoms with Gasteiger partial charge in [-0.2, -0.15) is 25.7 Å². The maximum atomic E-state index is 10.7. The lowest BCUT2D eigenvalue weighted by Gasteiger charge is -2.17. The molecule has 1 amide bonds. The lowest BCUT2D eigenvalue weighted by molar-refractivity contribution is -0.115. The minimum Gasteiger partial charge on any atom is -0.364 e. The molecular weight excluding hydrogens is 268 g/mol. The van der Waals surface area contributed by atoms with Crippen molar-refractivity contribution in [2.45, 2.75) is 0 Å². The van der Waals surface area contributed by atoms with E-state index < -0.39 is 32.2 Å². The Morgan fingerprint density at radius 3 is 2.00 bits per heavy atom. The van der Waals surface area contributed by atoms with E-state index in [4.69, 9.17) is 14.8 Å². The summed E-state index contributed by atoms with van der Waals surface area (Å²) in [7, 11) is -9.80. The number of nitrogens with zero attached hydrogens (tertiary/aromatic N) is 2. The van der Waals surface area contributed by atoms with E-state index in [2.05, 4.69) is 0 Å². The summed E-state index contributed by atoms with van der Waals surface area (Å²) >= 11 is 0. The van der Waals surface area contributed by atoms with Gasteiger partial charge in [-0.05, 0) is 0 Å². The van der Waals surface area contributed by atoms with Gasteiger partial charge in [0.2, 0.25) is 0 Å². The van der Waals surface area contributed by atoms with Gasteiger partial charge in [0.15, 0.2) is 5.70 Å². The summed E-state index contributed by atoms with van der Waals surface area (Å²) in [6.45, 7) is 0. The van der Waals surface area contributed by atoms with Gasteiger partial charge in [-0.1, -0.05) is 0 Å². The van der Waals surface area contributed by atoms with E-state index in [9.17, 15) is 21.6 Å². The van der Waals surface area contributed by atoms with Crippen LogP contribution in [0.15, 0.2) is 11.9 Å². The predicted molar refractivity (Wildman–Crippen MR) is 47.2 cm³/mol. The van der Waals surface area contributed by atoms with Crippen LogP contribution in [0.3, 0.4) is 0 Å². The Kier molecular flexibility index (Phi) is 2.82. The Morgan fingerprint density at radius 2 is 1.75 bits per heavy atom. The first-order chi connectivity index (χ1) is 7.03. The molecule has 0 fully saturated rings. The average Bonchev–Trinajstić information content (AvgIpc) is 2.44. The second kappa shape index (κ2) is 3.56. The van der Waals surface area contributed by atoms with Gasteiger partial charge in [0.25, 0.3) is 5.91 Å². The van der Waals surface area contributed by atoms with Crippen molar-refractivity contribution < 1.29 is 30.7 Å². The monoisotopic (exact) mass is 274 g/mol. The lowest BCUT2D eigenvalue weighted by atomic mass is 10.5. The standard InChI is InChI=1S/C3H6N4O7S2/c4-3(8)2-1-6(15(9,10)11)5-7(2)16(12,13)14/h1,5H,(H2,4,8)(H,9,10,11)(H,12,13,14). The molecule has 0 radical (unpaired) electrons. The highest BCUT2D eigenvalue weighted by Gasteiger charge is 2.37. The first-order valence-corrected chi connectivity index (χ1v) is 6.15. The number of carbonyl (C=O) groups is 1. The molecule has 1 aliphatic rings.